The van der Waals surface area contributed by atoms with Crippen molar-refractivity contribution >= 4 is 23.1 Å². The van der Waals surface area contributed by atoms with Crippen LogP contribution in [0.5, 0.6) is 5.75 Å². The van der Waals surface area contributed by atoms with E-state index < -0.39 is 0 Å². The first-order chi connectivity index (χ1) is 12.6. The summed E-state index contributed by atoms with van der Waals surface area (Å²) in [5, 5.41) is 16.0. The molecule has 2 aromatic carbocycles. The van der Waals surface area contributed by atoms with Crippen LogP contribution in [0.3, 0.4) is 0 Å². The van der Waals surface area contributed by atoms with Crippen LogP contribution < -0.4 is 15.4 Å². The van der Waals surface area contributed by atoms with Gasteiger partial charge in [0.05, 0.1) is 13.7 Å². The second-order valence-electron chi connectivity index (χ2n) is 5.96. The molecule has 0 amide bonds. The summed E-state index contributed by atoms with van der Waals surface area (Å²) in [6.07, 6.45) is 1.61. The van der Waals surface area contributed by atoms with Crippen molar-refractivity contribution in [2.45, 2.75) is 20.5 Å². The minimum Gasteiger partial charge on any atom is -0.496 e. The Morgan fingerprint density at radius 3 is 2.50 bits per heavy atom. The van der Waals surface area contributed by atoms with Crippen LogP contribution in [0, 0.1) is 13.8 Å². The SMILES string of the molecule is COc1cc(Nc2ncc(CO)c(Nc3ccccc3)n2)cc(C)c1C. The number of ether oxygens (including phenoxy) is 1. The number of nitrogens with one attached hydrogen (secondary N) is 2. The maximum absolute atomic E-state index is 9.56. The summed E-state index contributed by atoms with van der Waals surface area (Å²) in [6, 6.07) is 13.6. The Labute approximate surface area is 152 Å². The zero-order valence-electron chi connectivity index (χ0n) is 15.1. The molecule has 1 aromatic heterocycles. The van der Waals surface area contributed by atoms with E-state index in [2.05, 4.69) is 20.6 Å². The monoisotopic (exact) mass is 350 g/mol. The molecule has 0 fully saturated rings. The van der Waals surface area contributed by atoms with Crippen LogP contribution in [-0.4, -0.2) is 22.2 Å². The highest BCUT2D eigenvalue weighted by Crippen LogP contribution is 2.28. The van der Waals surface area contributed by atoms with Crippen LogP contribution in [-0.2, 0) is 6.61 Å². The van der Waals surface area contributed by atoms with Crippen molar-refractivity contribution in [3.63, 3.8) is 0 Å². The number of benzene rings is 2. The number of nitrogens with zero attached hydrogens (tertiary/aromatic N) is 2. The number of aliphatic hydroxyl groups excluding tert-OH is 1. The molecule has 3 N–H and O–H groups in total. The van der Waals surface area contributed by atoms with Crippen molar-refractivity contribution in [3.05, 3.63) is 65.4 Å². The van der Waals surface area contributed by atoms with E-state index in [0.717, 1.165) is 28.3 Å². The molecule has 134 valence electrons. The average molecular weight is 350 g/mol. The number of para-hydroxylation sites is 1. The number of methoxy groups -OCH3 is 1. The standard InChI is InChI=1S/C20H22N4O2/c1-13-9-17(10-18(26-3)14(13)2)23-20-21-11-15(12-25)19(24-20)22-16-7-5-4-6-8-16/h4-11,25H,12H2,1-3H3,(H2,21,22,23,24). The third-order valence-corrected chi connectivity index (χ3v) is 4.17. The lowest BCUT2D eigenvalue weighted by Crippen LogP contribution is -2.05. The summed E-state index contributed by atoms with van der Waals surface area (Å²) in [4.78, 5) is 8.80. The first-order valence-electron chi connectivity index (χ1n) is 8.32. The first-order valence-corrected chi connectivity index (χ1v) is 8.32. The zero-order chi connectivity index (χ0) is 18.5. The van der Waals surface area contributed by atoms with E-state index in [1.807, 2.05) is 56.3 Å². The maximum atomic E-state index is 9.56. The van der Waals surface area contributed by atoms with E-state index in [0.29, 0.717) is 17.3 Å². The molecule has 6 heteroatoms. The van der Waals surface area contributed by atoms with Crippen LogP contribution in [0.15, 0.2) is 48.7 Å². The van der Waals surface area contributed by atoms with Gasteiger partial charge in [0.25, 0.3) is 0 Å². The minimum absolute atomic E-state index is 0.146. The van der Waals surface area contributed by atoms with Crippen LogP contribution in [0.25, 0.3) is 0 Å². The van der Waals surface area contributed by atoms with Crippen LogP contribution in [0.4, 0.5) is 23.1 Å². The Balaban J connectivity index is 1.89. The Kier molecular flexibility index (Phi) is 5.34. The first kappa shape index (κ1) is 17.7. The van der Waals surface area contributed by atoms with Gasteiger partial charge in [0.15, 0.2) is 0 Å². The molecule has 0 aliphatic heterocycles. The molecule has 0 aliphatic carbocycles. The molecule has 0 atom stereocenters. The molecule has 0 radical (unpaired) electrons. The lowest BCUT2D eigenvalue weighted by Gasteiger charge is -2.14. The van der Waals surface area contributed by atoms with Gasteiger partial charge in [-0.05, 0) is 43.2 Å². The van der Waals surface area contributed by atoms with Gasteiger partial charge >= 0.3 is 0 Å². The number of aliphatic hydroxyl groups is 1. The highest BCUT2D eigenvalue weighted by atomic mass is 16.5. The molecule has 1 heterocycles. The van der Waals surface area contributed by atoms with E-state index in [4.69, 9.17) is 4.74 Å². The molecular weight excluding hydrogens is 328 g/mol. The number of anilines is 4. The number of rotatable bonds is 6. The smallest absolute Gasteiger partial charge is 0.229 e. The quantitative estimate of drug-likeness (QED) is 0.622. The van der Waals surface area contributed by atoms with Gasteiger partial charge in [-0.25, -0.2) is 4.98 Å². The lowest BCUT2D eigenvalue weighted by molar-refractivity contribution is 0.281. The second-order valence-corrected chi connectivity index (χ2v) is 5.96. The van der Waals surface area contributed by atoms with Gasteiger partial charge < -0.3 is 20.5 Å². The molecule has 6 nitrogen and oxygen atoms in total. The van der Waals surface area contributed by atoms with Gasteiger partial charge in [-0.3, -0.25) is 0 Å². The summed E-state index contributed by atoms with van der Waals surface area (Å²) < 4.78 is 5.42. The fraction of sp³-hybridized carbons (Fsp3) is 0.200. The molecular formula is C20H22N4O2. The predicted octanol–water partition coefficient (Wildman–Crippen LogP) is 4.08. The van der Waals surface area contributed by atoms with Gasteiger partial charge in [-0.2, -0.15) is 4.98 Å². The third-order valence-electron chi connectivity index (χ3n) is 4.17. The van der Waals surface area contributed by atoms with Gasteiger partial charge in [0, 0.05) is 29.2 Å². The van der Waals surface area contributed by atoms with Gasteiger partial charge in [-0.1, -0.05) is 18.2 Å². The largest absolute Gasteiger partial charge is 0.496 e. The summed E-state index contributed by atoms with van der Waals surface area (Å²) in [5.41, 5.74) is 4.56. The van der Waals surface area contributed by atoms with E-state index in [-0.39, 0.29) is 6.61 Å². The van der Waals surface area contributed by atoms with E-state index in [9.17, 15) is 5.11 Å². The molecule has 3 rings (SSSR count). The van der Waals surface area contributed by atoms with Gasteiger partial charge in [-0.15, -0.1) is 0 Å². The number of aryl methyl sites for hydroxylation is 1. The van der Waals surface area contributed by atoms with Gasteiger partial charge in [0.1, 0.15) is 11.6 Å². The highest BCUT2D eigenvalue weighted by Gasteiger charge is 2.10. The fourth-order valence-corrected chi connectivity index (χ4v) is 2.59. The third kappa shape index (κ3) is 3.92. The van der Waals surface area contributed by atoms with Crippen molar-refractivity contribution < 1.29 is 9.84 Å². The van der Waals surface area contributed by atoms with Gasteiger partial charge in [0.2, 0.25) is 5.95 Å². The Hall–Kier alpha value is -3.12. The Morgan fingerprint density at radius 2 is 1.81 bits per heavy atom. The molecule has 3 aromatic rings. The van der Waals surface area contributed by atoms with Crippen LogP contribution in [0.1, 0.15) is 16.7 Å². The number of hydrogen-bond donors (Lipinski definition) is 3. The second kappa shape index (κ2) is 7.84. The van der Waals surface area contributed by atoms with E-state index >= 15 is 0 Å². The molecule has 0 bridgehead atoms. The highest BCUT2D eigenvalue weighted by molar-refractivity contribution is 5.64. The van der Waals surface area contributed by atoms with Crippen molar-refractivity contribution in [1.82, 2.24) is 9.97 Å². The normalized spacial score (nSPS) is 10.5. The number of aromatic nitrogens is 2. The summed E-state index contributed by atoms with van der Waals surface area (Å²) >= 11 is 0. The maximum Gasteiger partial charge on any atom is 0.229 e. The molecule has 0 aliphatic rings. The molecule has 0 unspecified atom stereocenters. The summed E-state index contributed by atoms with van der Waals surface area (Å²) in [6.45, 7) is 3.90. The predicted molar refractivity (Wildman–Crippen MR) is 103 cm³/mol. The minimum atomic E-state index is -0.146. The Morgan fingerprint density at radius 1 is 1.04 bits per heavy atom. The number of hydrogen-bond acceptors (Lipinski definition) is 6. The van der Waals surface area contributed by atoms with Crippen LogP contribution >= 0.6 is 0 Å². The van der Waals surface area contributed by atoms with E-state index in [1.54, 1.807) is 13.3 Å². The lowest BCUT2D eigenvalue weighted by atomic mass is 10.1. The molecule has 0 saturated carbocycles. The van der Waals surface area contributed by atoms with Crippen molar-refractivity contribution in [2.75, 3.05) is 17.7 Å². The average Bonchev–Trinajstić information content (AvgIpc) is 2.65. The van der Waals surface area contributed by atoms with E-state index in [1.165, 1.54) is 0 Å². The zero-order valence-corrected chi connectivity index (χ0v) is 15.1. The topological polar surface area (TPSA) is 79.3 Å². The van der Waals surface area contributed by atoms with Crippen molar-refractivity contribution in [3.8, 4) is 5.75 Å². The Bertz CT molecular complexity index is 898. The van der Waals surface area contributed by atoms with Crippen molar-refractivity contribution in [2.24, 2.45) is 0 Å². The molecule has 26 heavy (non-hydrogen) atoms. The molecule has 0 saturated heterocycles. The molecule has 0 spiro atoms. The summed E-state index contributed by atoms with van der Waals surface area (Å²) in [5.74, 6) is 1.81. The summed E-state index contributed by atoms with van der Waals surface area (Å²) in [7, 11) is 1.65. The van der Waals surface area contributed by atoms with Crippen molar-refractivity contribution in [1.29, 1.82) is 0 Å². The fourth-order valence-electron chi connectivity index (χ4n) is 2.59. The van der Waals surface area contributed by atoms with Crippen LogP contribution in [0.2, 0.25) is 0 Å².